The van der Waals surface area contributed by atoms with Crippen LogP contribution in [0.1, 0.15) is 37.5 Å². The Kier molecular flexibility index (Phi) is 6.09. The molecular formula is C13H22N4O2S. The summed E-state index contributed by atoms with van der Waals surface area (Å²) in [5.41, 5.74) is 6.62. The summed E-state index contributed by atoms with van der Waals surface area (Å²) in [6, 6.07) is -0.765. The third-order valence-electron chi connectivity index (χ3n) is 2.83. The van der Waals surface area contributed by atoms with Crippen LogP contribution in [-0.4, -0.2) is 29.4 Å². The van der Waals surface area contributed by atoms with Gasteiger partial charge in [-0.15, -0.1) is 11.3 Å². The smallest absolute Gasteiger partial charge is 0.239 e. The van der Waals surface area contributed by atoms with E-state index in [2.05, 4.69) is 15.6 Å². The van der Waals surface area contributed by atoms with Crippen LogP contribution in [0, 0.1) is 12.8 Å². The number of amides is 2. The summed E-state index contributed by atoms with van der Waals surface area (Å²) in [5.74, 6) is -0.530. The molecule has 1 aromatic rings. The minimum atomic E-state index is -0.596. The molecular weight excluding hydrogens is 276 g/mol. The Labute approximate surface area is 123 Å². The van der Waals surface area contributed by atoms with Crippen LogP contribution in [0.25, 0.3) is 0 Å². The fraction of sp³-hybridized carbons (Fsp3) is 0.615. The summed E-state index contributed by atoms with van der Waals surface area (Å²) in [6.07, 6.45) is 0. The minimum Gasteiger partial charge on any atom is -0.346 e. The van der Waals surface area contributed by atoms with Crippen molar-refractivity contribution in [2.24, 2.45) is 11.7 Å². The summed E-state index contributed by atoms with van der Waals surface area (Å²) in [6.45, 7) is 7.40. The highest BCUT2D eigenvalue weighted by molar-refractivity contribution is 7.09. The standard InChI is InChI=1S/C13H22N4O2S/c1-7(2)11(14)12(19)15-5-10(18)17-9(4)13-16-8(3)6-20-13/h6-7,9,11H,5,14H2,1-4H3,(H,15,19)(H,17,18)/t9?,11-/m0/s1. The molecule has 0 spiro atoms. The van der Waals surface area contributed by atoms with E-state index in [1.807, 2.05) is 33.1 Å². The molecule has 2 amide bonds. The molecule has 1 heterocycles. The van der Waals surface area contributed by atoms with Gasteiger partial charge in [0.1, 0.15) is 5.01 Å². The number of rotatable bonds is 6. The third-order valence-corrected chi connectivity index (χ3v) is 3.97. The van der Waals surface area contributed by atoms with Gasteiger partial charge in [-0.1, -0.05) is 13.8 Å². The monoisotopic (exact) mass is 298 g/mol. The number of nitrogens with zero attached hydrogens (tertiary/aromatic N) is 1. The van der Waals surface area contributed by atoms with Crippen LogP contribution < -0.4 is 16.4 Å². The topological polar surface area (TPSA) is 97.1 Å². The minimum absolute atomic E-state index is 0.0373. The molecule has 0 bridgehead atoms. The van der Waals surface area contributed by atoms with Crippen LogP contribution in [0.2, 0.25) is 0 Å². The maximum atomic E-state index is 11.7. The lowest BCUT2D eigenvalue weighted by Crippen LogP contribution is -2.47. The van der Waals surface area contributed by atoms with Gasteiger partial charge >= 0.3 is 0 Å². The van der Waals surface area contributed by atoms with Gasteiger partial charge in [0.15, 0.2) is 0 Å². The van der Waals surface area contributed by atoms with Crippen molar-refractivity contribution in [1.29, 1.82) is 0 Å². The van der Waals surface area contributed by atoms with E-state index in [4.69, 9.17) is 5.73 Å². The molecule has 0 aromatic carbocycles. The Bertz CT molecular complexity index is 473. The van der Waals surface area contributed by atoms with E-state index in [9.17, 15) is 9.59 Å². The summed E-state index contributed by atoms with van der Waals surface area (Å²) in [5, 5.41) is 8.10. The predicted molar refractivity (Wildman–Crippen MR) is 79.2 cm³/mol. The lowest BCUT2D eigenvalue weighted by Gasteiger charge is -2.16. The maximum absolute atomic E-state index is 11.7. The van der Waals surface area contributed by atoms with Crippen molar-refractivity contribution in [3.8, 4) is 0 Å². The van der Waals surface area contributed by atoms with Gasteiger partial charge in [-0.2, -0.15) is 0 Å². The molecule has 20 heavy (non-hydrogen) atoms. The van der Waals surface area contributed by atoms with E-state index < -0.39 is 6.04 Å². The van der Waals surface area contributed by atoms with Crippen LogP contribution in [0.5, 0.6) is 0 Å². The summed E-state index contributed by atoms with van der Waals surface area (Å²) >= 11 is 1.50. The zero-order valence-corrected chi connectivity index (χ0v) is 13.1. The second kappa shape index (κ2) is 7.35. The molecule has 6 nitrogen and oxygen atoms in total. The molecule has 0 saturated heterocycles. The molecule has 0 aliphatic rings. The van der Waals surface area contributed by atoms with Crippen molar-refractivity contribution in [1.82, 2.24) is 15.6 Å². The van der Waals surface area contributed by atoms with Gasteiger partial charge in [-0.05, 0) is 19.8 Å². The molecule has 0 saturated carbocycles. The Morgan fingerprint density at radius 1 is 1.40 bits per heavy atom. The highest BCUT2D eigenvalue weighted by Gasteiger charge is 2.18. The number of nitrogens with one attached hydrogen (secondary N) is 2. The Morgan fingerprint density at radius 2 is 2.05 bits per heavy atom. The third kappa shape index (κ3) is 4.90. The number of aryl methyl sites for hydroxylation is 1. The molecule has 1 rings (SSSR count). The Hall–Kier alpha value is -1.47. The second-order valence-corrected chi connectivity index (χ2v) is 5.99. The van der Waals surface area contributed by atoms with Crippen LogP contribution in [0.15, 0.2) is 5.38 Å². The summed E-state index contributed by atoms with van der Waals surface area (Å²) in [4.78, 5) is 27.7. The molecule has 2 atom stereocenters. The van der Waals surface area contributed by atoms with E-state index in [1.54, 1.807) is 0 Å². The summed E-state index contributed by atoms with van der Waals surface area (Å²) < 4.78 is 0. The molecule has 4 N–H and O–H groups in total. The van der Waals surface area contributed by atoms with Crippen LogP contribution in [-0.2, 0) is 9.59 Å². The maximum Gasteiger partial charge on any atom is 0.239 e. The van der Waals surface area contributed by atoms with Gasteiger partial charge in [-0.25, -0.2) is 4.98 Å². The zero-order valence-electron chi connectivity index (χ0n) is 12.3. The van der Waals surface area contributed by atoms with Gasteiger partial charge in [0.25, 0.3) is 0 Å². The van der Waals surface area contributed by atoms with Crippen molar-refractivity contribution in [2.45, 2.75) is 39.8 Å². The quantitative estimate of drug-likeness (QED) is 0.721. The molecule has 112 valence electrons. The number of carbonyl (C=O) groups is 2. The average Bonchev–Trinajstić information content (AvgIpc) is 2.81. The zero-order chi connectivity index (χ0) is 15.3. The molecule has 1 aromatic heterocycles. The number of nitrogens with two attached hydrogens (primary N) is 1. The largest absolute Gasteiger partial charge is 0.346 e. The highest BCUT2D eigenvalue weighted by Crippen LogP contribution is 2.16. The molecule has 0 fully saturated rings. The predicted octanol–water partition coefficient (Wildman–Crippen LogP) is 0.728. The number of carbonyl (C=O) groups excluding carboxylic acids is 2. The number of thiazole rings is 1. The average molecular weight is 298 g/mol. The van der Waals surface area contributed by atoms with Crippen LogP contribution in [0.3, 0.4) is 0 Å². The van der Waals surface area contributed by atoms with Crippen molar-refractivity contribution < 1.29 is 9.59 Å². The van der Waals surface area contributed by atoms with E-state index in [-0.39, 0.29) is 30.3 Å². The van der Waals surface area contributed by atoms with Crippen molar-refractivity contribution >= 4 is 23.2 Å². The molecule has 1 unspecified atom stereocenters. The normalized spacial score (nSPS) is 13.9. The van der Waals surface area contributed by atoms with Crippen LogP contribution in [0.4, 0.5) is 0 Å². The molecule has 7 heteroatoms. The van der Waals surface area contributed by atoms with Gasteiger partial charge in [-0.3, -0.25) is 9.59 Å². The van der Waals surface area contributed by atoms with Gasteiger partial charge in [0, 0.05) is 11.1 Å². The second-order valence-electron chi connectivity index (χ2n) is 5.10. The van der Waals surface area contributed by atoms with Crippen molar-refractivity contribution in [3.05, 3.63) is 16.1 Å². The molecule has 0 radical (unpaired) electrons. The van der Waals surface area contributed by atoms with E-state index in [0.29, 0.717) is 0 Å². The fourth-order valence-corrected chi connectivity index (χ4v) is 2.32. The lowest BCUT2D eigenvalue weighted by atomic mass is 10.1. The first-order valence-corrected chi connectivity index (χ1v) is 7.44. The fourth-order valence-electron chi connectivity index (χ4n) is 1.51. The number of aromatic nitrogens is 1. The van der Waals surface area contributed by atoms with Gasteiger partial charge in [0.05, 0.1) is 18.6 Å². The highest BCUT2D eigenvalue weighted by atomic mass is 32.1. The first-order chi connectivity index (χ1) is 9.31. The van der Waals surface area contributed by atoms with Crippen molar-refractivity contribution in [2.75, 3.05) is 6.54 Å². The first kappa shape index (κ1) is 16.6. The Balaban J connectivity index is 2.39. The SMILES string of the molecule is Cc1csc(C(C)NC(=O)CNC(=O)[C@@H](N)C(C)C)n1. The lowest BCUT2D eigenvalue weighted by molar-refractivity contribution is -0.127. The number of hydrogen-bond donors (Lipinski definition) is 3. The van der Waals surface area contributed by atoms with Gasteiger partial charge < -0.3 is 16.4 Å². The van der Waals surface area contributed by atoms with E-state index in [0.717, 1.165) is 10.7 Å². The first-order valence-electron chi connectivity index (χ1n) is 6.56. The van der Waals surface area contributed by atoms with Crippen LogP contribution >= 0.6 is 11.3 Å². The number of hydrogen-bond acceptors (Lipinski definition) is 5. The van der Waals surface area contributed by atoms with E-state index >= 15 is 0 Å². The molecule has 0 aliphatic heterocycles. The van der Waals surface area contributed by atoms with Gasteiger partial charge in [0.2, 0.25) is 11.8 Å². The van der Waals surface area contributed by atoms with E-state index in [1.165, 1.54) is 11.3 Å². The Morgan fingerprint density at radius 3 is 2.55 bits per heavy atom. The summed E-state index contributed by atoms with van der Waals surface area (Å²) in [7, 11) is 0. The molecule has 0 aliphatic carbocycles. The van der Waals surface area contributed by atoms with Crippen molar-refractivity contribution in [3.63, 3.8) is 0 Å².